The summed E-state index contributed by atoms with van der Waals surface area (Å²) in [7, 11) is 0. The highest BCUT2D eigenvalue weighted by molar-refractivity contribution is 5.74. The van der Waals surface area contributed by atoms with Gasteiger partial charge in [-0.25, -0.2) is 4.79 Å². The minimum Gasteiger partial charge on any atom is -0.396 e. The maximum Gasteiger partial charge on any atom is 0.315 e. The van der Waals surface area contributed by atoms with E-state index in [9.17, 15) is 4.79 Å². The molecule has 2 amide bonds. The Hall–Kier alpha value is -1.55. The zero-order valence-corrected chi connectivity index (χ0v) is 12.8. The predicted octanol–water partition coefficient (Wildman–Crippen LogP) is 2.39. The number of aliphatic hydroxyl groups is 1. The SMILES string of the molecule is Cc1ccc(CCNC(=O)NC2CCC(CO)CC2)cc1. The molecule has 0 saturated heterocycles. The van der Waals surface area contributed by atoms with Crippen LogP contribution in [0.4, 0.5) is 4.79 Å². The van der Waals surface area contributed by atoms with E-state index in [4.69, 9.17) is 5.11 Å². The monoisotopic (exact) mass is 290 g/mol. The van der Waals surface area contributed by atoms with Crippen LogP contribution < -0.4 is 10.6 Å². The number of benzene rings is 1. The number of aliphatic hydroxyl groups excluding tert-OH is 1. The fourth-order valence-electron chi connectivity index (χ4n) is 2.80. The molecular formula is C17H26N2O2. The number of hydrogen-bond acceptors (Lipinski definition) is 2. The first-order chi connectivity index (χ1) is 10.2. The number of urea groups is 1. The molecule has 0 aliphatic heterocycles. The van der Waals surface area contributed by atoms with Crippen molar-refractivity contribution in [3.8, 4) is 0 Å². The van der Waals surface area contributed by atoms with Crippen LogP contribution in [-0.2, 0) is 6.42 Å². The van der Waals surface area contributed by atoms with Crippen LogP contribution in [-0.4, -0.2) is 30.3 Å². The summed E-state index contributed by atoms with van der Waals surface area (Å²) < 4.78 is 0. The van der Waals surface area contributed by atoms with Gasteiger partial charge in [-0.15, -0.1) is 0 Å². The molecule has 4 nitrogen and oxygen atoms in total. The zero-order chi connectivity index (χ0) is 15.1. The van der Waals surface area contributed by atoms with Gasteiger partial charge in [-0.2, -0.15) is 0 Å². The van der Waals surface area contributed by atoms with Crippen molar-refractivity contribution in [2.75, 3.05) is 13.2 Å². The lowest BCUT2D eigenvalue weighted by Gasteiger charge is -2.27. The van der Waals surface area contributed by atoms with Crippen molar-refractivity contribution in [1.82, 2.24) is 10.6 Å². The Kier molecular flexibility index (Phi) is 6.05. The Labute approximate surface area is 126 Å². The van der Waals surface area contributed by atoms with E-state index in [1.807, 2.05) is 0 Å². The van der Waals surface area contributed by atoms with Crippen molar-refractivity contribution in [3.05, 3.63) is 35.4 Å². The Balaban J connectivity index is 1.62. The van der Waals surface area contributed by atoms with E-state index in [0.717, 1.165) is 32.1 Å². The minimum absolute atomic E-state index is 0.0745. The highest BCUT2D eigenvalue weighted by Gasteiger charge is 2.21. The van der Waals surface area contributed by atoms with Crippen LogP contribution in [0.3, 0.4) is 0 Å². The number of nitrogens with one attached hydrogen (secondary N) is 2. The summed E-state index contributed by atoms with van der Waals surface area (Å²) in [5.74, 6) is 0.424. The van der Waals surface area contributed by atoms with Gasteiger partial charge < -0.3 is 15.7 Å². The van der Waals surface area contributed by atoms with Gasteiger partial charge >= 0.3 is 6.03 Å². The second-order valence-electron chi connectivity index (χ2n) is 6.04. The first kappa shape index (κ1) is 15.8. The molecule has 3 N–H and O–H groups in total. The van der Waals surface area contributed by atoms with Gasteiger partial charge in [0.15, 0.2) is 0 Å². The number of rotatable bonds is 5. The van der Waals surface area contributed by atoms with Crippen LogP contribution >= 0.6 is 0 Å². The molecule has 1 fully saturated rings. The van der Waals surface area contributed by atoms with Crippen molar-refractivity contribution < 1.29 is 9.90 Å². The summed E-state index contributed by atoms with van der Waals surface area (Å²) in [6.45, 7) is 3.00. The van der Waals surface area contributed by atoms with E-state index in [-0.39, 0.29) is 18.7 Å². The molecule has 1 aromatic carbocycles. The molecule has 1 saturated carbocycles. The summed E-state index contributed by atoms with van der Waals surface area (Å²) in [4.78, 5) is 11.8. The van der Waals surface area contributed by atoms with Gasteiger partial charge in [0, 0.05) is 19.2 Å². The largest absolute Gasteiger partial charge is 0.396 e. The number of hydrogen-bond donors (Lipinski definition) is 3. The van der Waals surface area contributed by atoms with Gasteiger partial charge in [0.1, 0.15) is 0 Å². The molecule has 0 atom stereocenters. The third-order valence-electron chi connectivity index (χ3n) is 4.26. The average Bonchev–Trinajstić information content (AvgIpc) is 2.50. The third kappa shape index (κ3) is 5.38. The van der Waals surface area contributed by atoms with Crippen LogP contribution in [0.5, 0.6) is 0 Å². The van der Waals surface area contributed by atoms with Crippen LogP contribution in [0, 0.1) is 12.8 Å². The van der Waals surface area contributed by atoms with Crippen LogP contribution in [0.1, 0.15) is 36.8 Å². The standard InChI is InChI=1S/C17H26N2O2/c1-13-2-4-14(5-3-13)10-11-18-17(21)19-16-8-6-15(12-20)7-9-16/h2-5,15-16,20H,6-12H2,1H3,(H2,18,19,21). The number of aryl methyl sites for hydroxylation is 1. The quantitative estimate of drug-likeness (QED) is 0.780. The van der Waals surface area contributed by atoms with Crippen LogP contribution in [0.2, 0.25) is 0 Å². The third-order valence-corrected chi connectivity index (χ3v) is 4.26. The highest BCUT2D eigenvalue weighted by Crippen LogP contribution is 2.23. The average molecular weight is 290 g/mol. The van der Waals surface area contributed by atoms with Crippen molar-refractivity contribution in [3.63, 3.8) is 0 Å². The molecule has 0 unspecified atom stereocenters. The number of carbonyl (C=O) groups is 1. The molecule has 0 radical (unpaired) electrons. The molecule has 1 aromatic rings. The predicted molar refractivity (Wildman–Crippen MR) is 84.2 cm³/mol. The molecule has 2 rings (SSSR count). The maximum absolute atomic E-state index is 11.8. The number of carbonyl (C=O) groups excluding carboxylic acids is 1. The molecule has 1 aliphatic carbocycles. The molecule has 1 aliphatic rings. The first-order valence-electron chi connectivity index (χ1n) is 7.88. The minimum atomic E-state index is -0.0745. The molecule has 21 heavy (non-hydrogen) atoms. The molecular weight excluding hydrogens is 264 g/mol. The summed E-state index contributed by atoms with van der Waals surface area (Å²) in [6, 6.07) is 8.57. The van der Waals surface area contributed by atoms with Crippen molar-refractivity contribution in [1.29, 1.82) is 0 Å². The summed E-state index contributed by atoms with van der Waals surface area (Å²) in [5.41, 5.74) is 2.49. The van der Waals surface area contributed by atoms with Crippen LogP contribution in [0.25, 0.3) is 0 Å². The fraction of sp³-hybridized carbons (Fsp3) is 0.588. The van der Waals surface area contributed by atoms with E-state index in [0.29, 0.717) is 12.5 Å². The smallest absolute Gasteiger partial charge is 0.315 e. The van der Waals surface area contributed by atoms with Gasteiger partial charge in [0.2, 0.25) is 0 Å². The van der Waals surface area contributed by atoms with E-state index < -0.39 is 0 Å². The second-order valence-corrected chi connectivity index (χ2v) is 6.04. The maximum atomic E-state index is 11.8. The first-order valence-corrected chi connectivity index (χ1v) is 7.88. The molecule has 0 spiro atoms. The molecule has 116 valence electrons. The van der Waals surface area contributed by atoms with Gasteiger partial charge in [-0.05, 0) is 50.5 Å². The lowest BCUT2D eigenvalue weighted by atomic mass is 9.87. The van der Waals surface area contributed by atoms with E-state index in [1.165, 1.54) is 11.1 Å². The normalized spacial score (nSPS) is 21.8. The Bertz CT molecular complexity index is 437. The van der Waals surface area contributed by atoms with Crippen LogP contribution in [0.15, 0.2) is 24.3 Å². The second kappa shape index (κ2) is 8.03. The van der Waals surface area contributed by atoms with Crippen molar-refractivity contribution in [2.24, 2.45) is 5.92 Å². The van der Waals surface area contributed by atoms with Crippen molar-refractivity contribution in [2.45, 2.75) is 45.1 Å². The number of amides is 2. The van der Waals surface area contributed by atoms with Gasteiger partial charge in [0.05, 0.1) is 0 Å². The summed E-state index contributed by atoms with van der Waals surface area (Å²) in [6.07, 6.45) is 4.80. The van der Waals surface area contributed by atoms with Crippen molar-refractivity contribution >= 4 is 6.03 Å². The summed E-state index contributed by atoms with van der Waals surface area (Å²) >= 11 is 0. The summed E-state index contributed by atoms with van der Waals surface area (Å²) in [5, 5.41) is 15.0. The van der Waals surface area contributed by atoms with E-state index in [1.54, 1.807) is 0 Å². The Morgan fingerprint density at radius 2 is 1.86 bits per heavy atom. The van der Waals surface area contributed by atoms with Gasteiger partial charge in [0.25, 0.3) is 0 Å². The topological polar surface area (TPSA) is 61.4 Å². The highest BCUT2D eigenvalue weighted by atomic mass is 16.3. The lowest BCUT2D eigenvalue weighted by Crippen LogP contribution is -2.44. The molecule has 0 heterocycles. The lowest BCUT2D eigenvalue weighted by molar-refractivity contribution is 0.174. The fourth-order valence-corrected chi connectivity index (χ4v) is 2.80. The van der Waals surface area contributed by atoms with Gasteiger partial charge in [-0.1, -0.05) is 29.8 Å². The van der Waals surface area contributed by atoms with E-state index >= 15 is 0 Å². The zero-order valence-electron chi connectivity index (χ0n) is 12.8. The molecule has 0 bridgehead atoms. The van der Waals surface area contributed by atoms with E-state index in [2.05, 4.69) is 41.8 Å². The Morgan fingerprint density at radius 3 is 2.48 bits per heavy atom. The Morgan fingerprint density at radius 1 is 1.19 bits per heavy atom. The van der Waals surface area contributed by atoms with Gasteiger partial charge in [-0.3, -0.25) is 0 Å². The molecule has 4 heteroatoms. The molecule has 0 aromatic heterocycles.